The van der Waals surface area contributed by atoms with Gasteiger partial charge in [-0.3, -0.25) is 0 Å². The summed E-state index contributed by atoms with van der Waals surface area (Å²) in [6, 6.07) is 14.9. The number of rotatable bonds is 2. The standard InChI is InChI=1S/C16H13BN2S/c1-3-13-4-2-6-15-16(13)14(5-1)18-17(19-15)9-7-12-8-10-20-11-12/h1-11,18-19H/b9-7-. The molecular weight excluding hydrogens is 263 g/mol. The van der Waals surface area contributed by atoms with Crippen molar-refractivity contribution in [2.24, 2.45) is 0 Å². The highest BCUT2D eigenvalue weighted by Crippen LogP contribution is 2.33. The minimum atomic E-state index is 0.121. The van der Waals surface area contributed by atoms with Crippen molar-refractivity contribution in [2.75, 3.05) is 10.5 Å². The Balaban J connectivity index is 1.69. The lowest BCUT2D eigenvalue weighted by molar-refractivity contribution is 1.61. The molecule has 4 heteroatoms. The molecule has 0 amide bonds. The second kappa shape index (κ2) is 4.73. The van der Waals surface area contributed by atoms with E-state index in [0.29, 0.717) is 0 Å². The highest BCUT2D eigenvalue weighted by atomic mass is 32.1. The van der Waals surface area contributed by atoms with E-state index in [-0.39, 0.29) is 6.98 Å². The molecular formula is C16H13BN2S. The van der Waals surface area contributed by atoms with Crippen LogP contribution >= 0.6 is 11.3 Å². The Morgan fingerprint density at radius 3 is 2.35 bits per heavy atom. The van der Waals surface area contributed by atoms with Crippen LogP contribution in [-0.4, -0.2) is 6.98 Å². The van der Waals surface area contributed by atoms with Crippen LogP contribution < -0.4 is 10.5 Å². The Labute approximate surface area is 122 Å². The molecule has 2 N–H and O–H groups in total. The number of nitrogens with one attached hydrogen (secondary N) is 2. The molecule has 2 heterocycles. The van der Waals surface area contributed by atoms with Gasteiger partial charge in [-0.25, -0.2) is 0 Å². The predicted molar refractivity (Wildman–Crippen MR) is 90.3 cm³/mol. The maximum absolute atomic E-state index is 3.53. The van der Waals surface area contributed by atoms with Crippen LogP contribution in [0.15, 0.2) is 59.2 Å². The Bertz CT molecular complexity index is 740. The third kappa shape index (κ3) is 1.98. The van der Waals surface area contributed by atoms with E-state index < -0.39 is 0 Å². The Morgan fingerprint density at radius 2 is 1.70 bits per heavy atom. The molecule has 0 saturated heterocycles. The average molecular weight is 276 g/mol. The Hall–Kier alpha value is -2.20. The van der Waals surface area contributed by atoms with Crippen molar-refractivity contribution in [3.63, 3.8) is 0 Å². The molecule has 1 aromatic heterocycles. The number of thiophene rings is 1. The largest absolute Gasteiger partial charge is 0.405 e. The molecule has 0 fully saturated rings. The molecule has 0 saturated carbocycles. The van der Waals surface area contributed by atoms with Crippen molar-refractivity contribution < 1.29 is 0 Å². The molecule has 0 spiro atoms. The van der Waals surface area contributed by atoms with E-state index in [1.165, 1.54) is 27.7 Å². The zero-order valence-electron chi connectivity index (χ0n) is 10.8. The fourth-order valence-electron chi connectivity index (χ4n) is 2.63. The van der Waals surface area contributed by atoms with Crippen LogP contribution in [0.25, 0.3) is 16.8 Å². The van der Waals surface area contributed by atoms with Crippen LogP contribution in [0.2, 0.25) is 0 Å². The lowest BCUT2D eigenvalue weighted by Gasteiger charge is -2.24. The van der Waals surface area contributed by atoms with Gasteiger partial charge in [-0.1, -0.05) is 36.3 Å². The van der Waals surface area contributed by atoms with Crippen LogP contribution in [0.1, 0.15) is 5.56 Å². The molecule has 0 radical (unpaired) electrons. The van der Waals surface area contributed by atoms with E-state index in [1.54, 1.807) is 11.3 Å². The van der Waals surface area contributed by atoms with Crippen molar-refractivity contribution in [3.8, 4) is 0 Å². The maximum Gasteiger partial charge on any atom is 0.398 e. The molecule has 20 heavy (non-hydrogen) atoms. The lowest BCUT2D eigenvalue weighted by Crippen LogP contribution is -2.35. The number of hydrogen-bond acceptors (Lipinski definition) is 3. The summed E-state index contributed by atoms with van der Waals surface area (Å²) in [6.45, 7) is 0.121. The smallest absolute Gasteiger partial charge is 0.398 e. The number of anilines is 2. The minimum Gasteiger partial charge on any atom is -0.405 e. The first kappa shape index (κ1) is 11.6. The quantitative estimate of drug-likeness (QED) is 0.674. The fourth-order valence-corrected chi connectivity index (χ4v) is 3.25. The third-order valence-electron chi connectivity index (χ3n) is 3.55. The fraction of sp³-hybridized carbons (Fsp3) is 0. The van der Waals surface area contributed by atoms with Crippen LogP contribution in [0.3, 0.4) is 0 Å². The first-order valence-electron chi connectivity index (χ1n) is 6.65. The van der Waals surface area contributed by atoms with Gasteiger partial charge in [0.1, 0.15) is 0 Å². The van der Waals surface area contributed by atoms with Gasteiger partial charge in [0.05, 0.1) is 0 Å². The van der Waals surface area contributed by atoms with Crippen LogP contribution in [0.4, 0.5) is 11.4 Å². The molecule has 4 rings (SSSR count). The predicted octanol–water partition coefficient (Wildman–Crippen LogP) is 4.48. The summed E-state index contributed by atoms with van der Waals surface area (Å²) in [4.78, 5) is 0. The molecule has 0 unspecified atom stereocenters. The summed E-state index contributed by atoms with van der Waals surface area (Å²) >= 11 is 1.72. The van der Waals surface area contributed by atoms with E-state index >= 15 is 0 Å². The lowest BCUT2D eigenvalue weighted by atomic mass is 9.73. The average Bonchev–Trinajstić information content (AvgIpc) is 2.99. The normalized spacial score (nSPS) is 13.5. The molecule has 2 nitrogen and oxygen atoms in total. The maximum atomic E-state index is 3.53. The molecule has 0 aliphatic carbocycles. The van der Waals surface area contributed by atoms with Crippen LogP contribution in [0.5, 0.6) is 0 Å². The summed E-state index contributed by atoms with van der Waals surface area (Å²) in [5.74, 6) is 2.16. The van der Waals surface area contributed by atoms with Gasteiger partial charge in [0.25, 0.3) is 0 Å². The van der Waals surface area contributed by atoms with Crippen molar-refractivity contribution >= 4 is 46.5 Å². The zero-order valence-corrected chi connectivity index (χ0v) is 11.7. The van der Waals surface area contributed by atoms with Gasteiger partial charge in [0, 0.05) is 16.8 Å². The number of benzene rings is 2. The highest BCUT2D eigenvalue weighted by Gasteiger charge is 2.20. The third-order valence-corrected chi connectivity index (χ3v) is 4.25. The number of hydrogen-bond donors (Lipinski definition) is 2. The molecule has 0 atom stereocenters. The summed E-state index contributed by atoms with van der Waals surface area (Å²) < 4.78 is 0. The first-order valence-corrected chi connectivity index (χ1v) is 7.60. The van der Waals surface area contributed by atoms with Gasteiger partial charge in [-0.2, -0.15) is 11.3 Å². The van der Waals surface area contributed by atoms with Crippen LogP contribution in [0, 0.1) is 0 Å². The van der Waals surface area contributed by atoms with E-state index in [9.17, 15) is 0 Å². The Morgan fingerprint density at radius 1 is 0.950 bits per heavy atom. The second-order valence-corrected chi connectivity index (χ2v) is 5.67. The highest BCUT2D eigenvalue weighted by molar-refractivity contribution is 7.08. The van der Waals surface area contributed by atoms with E-state index in [1.807, 2.05) is 0 Å². The van der Waals surface area contributed by atoms with Crippen molar-refractivity contribution in [1.29, 1.82) is 0 Å². The van der Waals surface area contributed by atoms with Gasteiger partial charge < -0.3 is 10.5 Å². The molecule has 1 aliphatic heterocycles. The van der Waals surface area contributed by atoms with Gasteiger partial charge in [0.2, 0.25) is 0 Å². The molecule has 2 aromatic carbocycles. The second-order valence-electron chi connectivity index (χ2n) is 4.89. The van der Waals surface area contributed by atoms with E-state index in [4.69, 9.17) is 0 Å². The van der Waals surface area contributed by atoms with Gasteiger partial charge in [-0.05, 0) is 39.9 Å². The minimum absolute atomic E-state index is 0.121. The monoisotopic (exact) mass is 276 g/mol. The summed E-state index contributed by atoms with van der Waals surface area (Å²) in [5.41, 5.74) is 3.63. The Kier molecular flexibility index (Phi) is 2.74. The van der Waals surface area contributed by atoms with E-state index in [0.717, 1.165) is 0 Å². The van der Waals surface area contributed by atoms with Crippen molar-refractivity contribution in [1.82, 2.24) is 0 Å². The topological polar surface area (TPSA) is 24.1 Å². The van der Waals surface area contributed by atoms with Crippen LogP contribution in [-0.2, 0) is 0 Å². The van der Waals surface area contributed by atoms with Gasteiger partial charge >= 0.3 is 6.98 Å². The summed E-state index contributed by atoms with van der Waals surface area (Å²) in [5, 5.41) is 13.8. The summed E-state index contributed by atoms with van der Waals surface area (Å²) in [6.07, 6.45) is 2.15. The zero-order chi connectivity index (χ0) is 13.4. The summed E-state index contributed by atoms with van der Waals surface area (Å²) in [7, 11) is 0. The molecule has 0 bridgehead atoms. The molecule has 1 aliphatic rings. The SMILES string of the molecule is C(=C/c1ccsc1)/B1Nc2cccc3cccc(c23)N1. The molecule has 3 aromatic rings. The first-order chi connectivity index (χ1) is 9.90. The van der Waals surface area contributed by atoms with E-state index in [2.05, 4.69) is 75.7 Å². The van der Waals surface area contributed by atoms with Gasteiger partial charge in [0.15, 0.2) is 0 Å². The molecule has 96 valence electrons. The van der Waals surface area contributed by atoms with Crippen molar-refractivity contribution in [2.45, 2.75) is 0 Å². The van der Waals surface area contributed by atoms with Gasteiger partial charge in [-0.15, -0.1) is 0 Å². The van der Waals surface area contributed by atoms with Crippen molar-refractivity contribution in [3.05, 3.63) is 64.8 Å².